The van der Waals surface area contributed by atoms with Crippen molar-refractivity contribution in [2.75, 3.05) is 27.4 Å². The van der Waals surface area contributed by atoms with Gasteiger partial charge >= 0.3 is 0 Å². The SMILES string of the molecule is COCC(=O)N1CCCCC1c1ncc(C(=O)NCc2cccc(OC)c2)c(C)n1. The van der Waals surface area contributed by atoms with Crippen molar-refractivity contribution in [1.29, 1.82) is 0 Å². The van der Waals surface area contributed by atoms with Crippen molar-refractivity contribution in [2.24, 2.45) is 0 Å². The van der Waals surface area contributed by atoms with Gasteiger partial charge in [-0.05, 0) is 43.9 Å². The fraction of sp³-hybridized carbons (Fsp3) is 0.455. The third-order valence-corrected chi connectivity index (χ3v) is 5.22. The van der Waals surface area contributed by atoms with Crippen LogP contribution in [-0.4, -0.2) is 54.1 Å². The molecule has 1 saturated heterocycles. The second-order valence-corrected chi connectivity index (χ2v) is 7.29. The van der Waals surface area contributed by atoms with Gasteiger partial charge in [-0.1, -0.05) is 12.1 Å². The van der Waals surface area contributed by atoms with Gasteiger partial charge in [-0.15, -0.1) is 0 Å². The lowest BCUT2D eigenvalue weighted by molar-refractivity contribution is -0.139. The standard InChI is InChI=1S/C22H28N4O4/c1-15-18(22(28)24-12-16-7-6-8-17(11-16)30-3)13-23-21(25-15)19-9-4-5-10-26(19)20(27)14-29-2/h6-8,11,13,19H,4-5,9-10,12,14H2,1-3H3,(H,24,28). The van der Waals surface area contributed by atoms with E-state index in [0.29, 0.717) is 30.2 Å². The minimum atomic E-state index is -0.238. The Morgan fingerprint density at radius 1 is 1.27 bits per heavy atom. The van der Waals surface area contributed by atoms with E-state index in [9.17, 15) is 9.59 Å². The number of likely N-dealkylation sites (tertiary alicyclic amines) is 1. The van der Waals surface area contributed by atoms with Crippen LogP contribution in [0.3, 0.4) is 0 Å². The number of hydrogen-bond acceptors (Lipinski definition) is 6. The Balaban J connectivity index is 1.70. The van der Waals surface area contributed by atoms with Gasteiger partial charge in [-0.25, -0.2) is 9.97 Å². The summed E-state index contributed by atoms with van der Waals surface area (Å²) >= 11 is 0. The summed E-state index contributed by atoms with van der Waals surface area (Å²) in [6.45, 7) is 2.87. The zero-order valence-corrected chi connectivity index (χ0v) is 17.7. The van der Waals surface area contributed by atoms with Crippen LogP contribution >= 0.6 is 0 Å². The molecular weight excluding hydrogens is 384 g/mol. The van der Waals surface area contributed by atoms with Crippen molar-refractivity contribution in [3.63, 3.8) is 0 Å². The van der Waals surface area contributed by atoms with E-state index in [1.165, 1.54) is 7.11 Å². The Morgan fingerprint density at radius 2 is 2.10 bits per heavy atom. The summed E-state index contributed by atoms with van der Waals surface area (Å²) in [5.41, 5.74) is 1.95. The number of aryl methyl sites for hydroxylation is 1. The normalized spacial score (nSPS) is 16.2. The summed E-state index contributed by atoms with van der Waals surface area (Å²) in [6, 6.07) is 7.35. The summed E-state index contributed by atoms with van der Waals surface area (Å²) in [4.78, 5) is 35.8. The molecule has 8 nitrogen and oxygen atoms in total. The van der Waals surface area contributed by atoms with E-state index in [1.807, 2.05) is 24.3 Å². The molecule has 2 aromatic rings. The maximum Gasteiger partial charge on any atom is 0.254 e. The smallest absolute Gasteiger partial charge is 0.254 e. The lowest BCUT2D eigenvalue weighted by Crippen LogP contribution is -2.41. The molecule has 0 bridgehead atoms. The van der Waals surface area contributed by atoms with E-state index in [-0.39, 0.29) is 24.5 Å². The number of benzene rings is 1. The van der Waals surface area contributed by atoms with Crippen LogP contribution in [0.25, 0.3) is 0 Å². The van der Waals surface area contributed by atoms with Crippen LogP contribution in [0.15, 0.2) is 30.5 Å². The molecule has 1 aliphatic heterocycles. The van der Waals surface area contributed by atoms with Crippen molar-refractivity contribution in [1.82, 2.24) is 20.2 Å². The molecule has 1 aromatic carbocycles. The highest BCUT2D eigenvalue weighted by Gasteiger charge is 2.30. The maximum absolute atomic E-state index is 12.6. The fourth-order valence-electron chi connectivity index (χ4n) is 3.63. The maximum atomic E-state index is 12.6. The van der Waals surface area contributed by atoms with E-state index in [4.69, 9.17) is 9.47 Å². The predicted octanol–water partition coefficient (Wildman–Crippen LogP) is 2.42. The molecule has 1 unspecified atom stereocenters. The highest BCUT2D eigenvalue weighted by Crippen LogP contribution is 2.29. The molecule has 2 heterocycles. The van der Waals surface area contributed by atoms with Crippen LogP contribution < -0.4 is 10.1 Å². The molecule has 2 amide bonds. The van der Waals surface area contributed by atoms with Crippen molar-refractivity contribution in [3.8, 4) is 5.75 Å². The molecule has 1 atom stereocenters. The average Bonchev–Trinajstić information content (AvgIpc) is 2.77. The van der Waals surface area contributed by atoms with Crippen LogP contribution in [0, 0.1) is 6.92 Å². The fourth-order valence-corrected chi connectivity index (χ4v) is 3.63. The van der Waals surface area contributed by atoms with Crippen LogP contribution in [0.5, 0.6) is 5.75 Å². The van der Waals surface area contributed by atoms with Gasteiger partial charge in [0, 0.05) is 26.4 Å². The van der Waals surface area contributed by atoms with Crippen LogP contribution in [0.2, 0.25) is 0 Å². The third-order valence-electron chi connectivity index (χ3n) is 5.22. The number of hydrogen-bond donors (Lipinski definition) is 1. The van der Waals surface area contributed by atoms with Gasteiger partial charge in [0.2, 0.25) is 5.91 Å². The number of carbonyl (C=O) groups excluding carboxylic acids is 2. The van der Waals surface area contributed by atoms with Crippen molar-refractivity contribution < 1.29 is 19.1 Å². The molecular formula is C22H28N4O4. The first-order valence-electron chi connectivity index (χ1n) is 10.1. The molecule has 1 fully saturated rings. The number of nitrogens with one attached hydrogen (secondary N) is 1. The highest BCUT2D eigenvalue weighted by atomic mass is 16.5. The first-order valence-corrected chi connectivity index (χ1v) is 10.1. The lowest BCUT2D eigenvalue weighted by Gasteiger charge is -2.34. The number of piperidine rings is 1. The number of carbonyl (C=O) groups is 2. The minimum Gasteiger partial charge on any atom is -0.497 e. The Hall–Kier alpha value is -3.00. The minimum absolute atomic E-state index is 0.0419. The molecule has 1 aromatic heterocycles. The molecule has 30 heavy (non-hydrogen) atoms. The molecule has 0 radical (unpaired) electrons. The number of ether oxygens (including phenoxy) is 2. The predicted molar refractivity (Wildman–Crippen MR) is 111 cm³/mol. The molecule has 0 saturated carbocycles. The summed E-state index contributed by atoms with van der Waals surface area (Å²) in [5, 5.41) is 2.89. The quantitative estimate of drug-likeness (QED) is 0.751. The molecule has 160 valence electrons. The second-order valence-electron chi connectivity index (χ2n) is 7.29. The number of aromatic nitrogens is 2. The molecule has 0 spiro atoms. The average molecular weight is 412 g/mol. The van der Waals surface area contributed by atoms with Crippen molar-refractivity contribution in [2.45, 2.75) is 38.8 Å². The van der Waals surface area contributed by atoms with Crippen molar-refractivity contribution >= 4 is 11.8 Å². The van der Waals surface area contributed by atoms with Crippen LogP contribution in [0.4, 0.5) is 0 Å². The Bertz CT molecular complexity index is 902. The van der Waals surface area contributed by atoms with E-state index < -0.39 is 0 Å². The van der Waals surface area contributed by atoms with E-state index in [0.717, 1.165) is 30.6 Å². The molecule has 1 aliphatic rings. The summed E-state index contributed by atoms with van der Waals surface area (Å²) in [7, 11) is 3.12. The molecule has 8 heteroatoms. The topological polar surface area (TPSA) is 93.7 Å². The summed E-state index contributed by atoms with van der Waals surface area (Å²) < 4.78 is 10.2. The number of rotatable bonds is 7. The van der Waals surface area contributed by atoms with Gasteiger partial charge in [0.1, 0.15) is 12.4 Å². The van der Waals surface area contributed by atoms with Crippen LogP contribution in [0.1, 0.15) is 52.7 Å². The summed E-state index contributed by atoms with van der Waals surface area (Å²) in [6.07, 6.45) is 4.31. The van der Waals surface area contributed by atoms with Gasteiger partial charge in [-0.2, -0.15) is 0 Å². The Morgan fingerprint density at radius 3 is 2.83 bits per heavy atom. The van der Waals surface area contributed by atoms with Gasteiger partial charge < -0.3 is 19.7 Å². The van der Waals surface area contributed by atoms with Crippen molar-refractivity contribution in [3.05, 3.63) is 53.1 Å². The number of methoxy groups -OCH3 is 2. The molecule has 1 N–H and O–H groups in total. The highest BCUT2D eigenvalue weighted by molar-refractivity contribution is 5.94. The zero-order chi connectivity index (χ0) is 21.5. The van der Waals surface area contributed by atoms with Gasteiger partial charge in [0.25, 0.3) is 5.91 Å². The molecule has 3 rings (SSSR count). The second kappa shape index (κ2) is 10.2. The first kappa shape index (κ1) is 21.7. The van der Waals surface area contributed by atoms with E-state index in [1.54, 1.807) is 25.1 Å². The third kappa shape index (κ3) is 5.13. The zero-order valence-electron chi connectivity index (χ0n) is 17.7. The van der Waals surface area contributed by atoms with Crippen LogP contribution in [-0.2, 0) is 16.1 Å². The largest absolute Gasteiger partial charge is 0.497 e. The molecule has 0 aliphatic carbocycles. The lowest BCUT2D eigenvalue weighted by atomic mass is 10.0. The summed E-state index contributed by atoms with van der Waals surface area (Å²) in [5.74, 6) is 1.01. The van der Waals surface area contributed by atoms with E-state index in [2.05, 4.69) is 15.3 Å². The number of amides is 2. The first-order chi connectivity index (χ1) is 14.5. The van der Waals surface area contributed by atoms with Gasteiger partial charge in [-0.3, -0.25) is 9.59 Å². The number of nitrogens with zero attached hydrogens (tertiary/aromatic N) is 3. The van der Waals surface area contributed by atoms with Gasteiger partial charge in [0.05, 0.1) is 24.4 Å². The monoisotopic (exact) mass is 412 g/mol. The Kier molecular flexibility index (Phi) is 7.35. The van der Waals surface area contributed by atoms with E-state index >= 15 is 0 Å². The Labute approximate surface area is 176 Å². The van der Waals surface area contributed by atoms with Gasteiger partial charge in [0.15, 0.2) is 5.82 Å².